The Morgan fingerprint density at radius 3 is 2.59 bits per heavy atom. The summed E-state index contributed by atoms with van der Waals surface area (Å²) in [6, 6.07) is 4.36. The van der Waals surface area contributed by atoms with Crippen molar-refractivity contribution >= 4 is 44.6 Å². The van der Waals surface area contributed by atoms with E-state index < -0.39 is 15.9 Å². The summed E-state index contributed by atoms with van der Waals surface area (Å²) < 4.78 is 23.3. The molecule has 0 radical (unpaired) electrons. The standard InChI is InChI=1S/C15H17Cl2NO3S/c1-2-3-4-15(19)18(12-7-8-22(20,21)10-12)11-5-6-13(16)14(17)9-11/h5-9,12H,2-4,10H2,1H3. The van der Waals surface area contributed by atoms with E-state index >= 15 is 0 Å². The van der Waals surface area contributed by atoms with E-state index in [4.69, 9.17) is 23.2 Å². The van der Waals surface area contributed by atoms with E-state index in [9.17, 15) is 13.2 Å². The van der Waals surface area contributed by atoms with Crippen molar-refractivity contribution in [2.75, 3.05) is 10.7 Å². The van der Waals surface area contributed by atoms with E-state index in [1.807, 2.05) is 6.92 Å². The molecule has 22 heavy (non-hydrogen) atoms. The van der Waals surface area contributed by atoms with Gasteiger partial charge in [-0.3, -0.25) is 4.79 Å². The number of nitrogens with zero attached hydrogens (tertiary/aromatic N) is 1. The summed E-state index contributed by atoms with van der Waals surface area (Å²) in [6.45, 7) is 2.00. The topological polar surface area (TPSA) is 54.5 Å². The molecule has 1 atom stereocenters. The molecule has 0 saturated carbocycles. The third-order valence-corrected chi connectivity index (χ3v) is 5.55. The molecule has 0 aliphatic carbocycles. The number of hydrogen-bond donors (Lipinski definition) is 0. The number of benzene rings is 1. The van der Waals surface area contributed by atoms with Gasteiger partial charge in [0, 0.05) is 17.5 Å². The minimum atomic E-state index is -3.25. The van der Waals surface area contributed by atoms with Crippen LogP contribution in [-0.2, 0) is 14.6 Å². The number of rotatable bonds is 5. The van der Waals surface area contributed by atoms with Crippen LogP contribution in [0.3, 0.4) is 0 Å². The predicted octanol–water partition coefficient (Wildman–Crippen LogP) is 3.83. The molecular formula is C15H17Cl2NO3S. The Kier molecular flexibility index (Phi) is 5.53. The van der Waals surface area contributed by atoms with Crippen LogP contribution in [0.25, 0.3) is 0 Å². The molecule has 2 rings (SSSR count). The molecule has 0 aromatic heterocycles. The first kappa shape index (κ1) is 17.3. The van der Waals surface area contributed by atoms with Gasteiger partial charge in [0.1, 0.15) is 0 Å². The highest BCUT2D eigenvalue weighted by Crippen LogP contribution is 2.30. The highest BCUT2D eigenvalue weighted by atomic mass is 35.5. The van der Waals surface area contributed by atoms with Crippen molar-refractivity contribution in [3.8, 4) is 0 Å². The Balaban J connectivity index is 2.35. The molecule has 1 aliphatic heterocycles. The number of unbranched alkanes of at least 4 members (excludes halogenated alkanes) is 1. The molecule has 7 heteroatoms. The zero-order chi connectivity index (χ0) is 16.3. The van der Waals surface area contributed by atoms with E-state index in [1.165, 1.54) is 4.90 Å². The third-order valence-electron chi connectivity index (χ3n) is 3.44. The van der Waals surface area contributed by atoms with Crippen LogP contribution >= 0.6 is 23.2 Å². The Morgan fingerprint density at radius 2 is 2.05 bits per heavy atom. The quantitative estimate of drug-likeness (QED) is 0.800. The summed E-state index contributed by atoms with van der Waals surface area (Å²) in [4.78, 5) is 14.0. The predicted molar refractivity (Wildman–Crippen MR) is 90.2 cm³/mol. The van der Waals surface area contributed by atoms with Crippen molar-refractivity contribution in [2.45, 2.75) is 32.2 Å². The Labute approximate surface area is 140 Å². The molecular weight excluding hydrogens is 345 g/mol. The van der Waals surface area contributed by atoms with Gasteiger partial charge in [-0.1, -0.05) is 36.5 Å². The van der Waals surface area contributed by atoms with Crippen LogP contribution in [0.1, 0.15) is 26.2 Å². The van der Waals surface area contributed by atoms with Crippen molar-refractivity contribution in [3.63, 3.8) is 0 Å². The molecule has 0 N–H and O–H groups in total. The smallest absolute Gasteiger partial charge is 0.227 e. The lowest BCUT2D eigenvalue weighted by atomic mass is 10.1. The first-order chi connectivity index (χ1) is 10.3. The zero-order valence-electron chi connectivity index (χ0n) is 12.1. The number of carbonyl (C=O) groups is 1. The van der Waals surface area contributed by atoms with Gasteiger partial charge in [-0.05, 0) is 30.7 Å². The summed E-state index contributed by atoms with van der Waals surface area (Å²) in [5.41, 5.74) is 0.558. The molecule has 1 aromatic carbocycles. The van der Waals surface area contributed by atoms with Crippen molar-refractivity contribution in [1.82, 2.24) is 0 Å². The maximum Gasteiger partial charge on any atom is 0.227 e. The van der Waals surface area contributed by atoms with Crippen LogP contribution in [0, 0.1) is 0 Å². The summed E-state index contributed by atoms with van der Waals surface area (Å²) >= 11 is 11.9. The van der Waals surface area contributed by atoms with E-state index in [0.29, 0.717) is 22.2 Å². The van der Waals surface area contributed by atoms with Crippen LogP contribution in [-0.4, -0.2) is 26.1 Å². The second-order valence-electron chi connectivity index (χ2n) is 5.19. The minimum Gasteiger partial charge on any atom is -0.304 e. The molecule has 4 nitrogen and oxygen atoms in total. The largest absolute Gasteiger partial charge is 0.304 e. The first-order valence-corrected chi connectivity index (χ1v) is 9.49. The molecule has 1 aliphatic rings. The Bertz CT molecular complexity index is 701. The van der Waals surface area contributed by atoms with Gasteiger partial charge < -0.3 is 4.90 Å². The van der Waals surface area contributed by atoms with E-state index in [1.54, 1.807) is 24.3 Å². The van der Waals surface area contributed by atoms with Gasteiger partial charge in [-0.15, -0.1) is 0 Å². The third kappa shape index (κ3) is 4.03. The van der Waals surface area contributed by atoms with Gasteiger partial charge >= 0.3 is 0 Å². The van der Waals surface area contributed by atoms with Gasteiger partial charge in [-0.25, -0.2) is 8.42 Å². The molecule has 0 spiro atoms. The number of hydrogen-bond acceptors (Lipinski definition) is 3. The zero-order valence-corrected chi connectivity index (χ0v) is 14.5. The second-order valence-corrected chi connectivity index (χ2v) is 7.94. The van der Waals surface area contributed by atoms with Crippen molar-refractivity contribution < 1.29 is 13.2 Å². The van der Waals surface area contributed by atoms with Gasteiger partial charge in [0.2, 0.25) is 5.91 Å². The highest BCUT2D eigenvalue weighted by molar-refractivity contribution is 7.94. The Morgan fingerprint density at radius 1 is 1.32 bits per heavy atom. The van der Waals surface area contributed by atoms with Crippen molar-refractivity contribution in [1.29, 1.82) is 0 Å². The normalized spacial score (nSPS) is 19.3. The highest BCUT2D eigenvalue weighted by Gasteiger charge is 2.31. The van der Waals surface area contributed by atoms with Gasteiger partial charge in [0.15, 0.2) is 9.84 Å². The summed E-state index contributed by atoms with van der Waals surface area (Å²) in [6.07, 6.45) is 3.54. The fourth-order valence-corrected chi connectivity index (χ4v) is 3.88. The van der Waals surface area contributed by atoms with Crippen LogP contribution in [0.2, 0.25) is 10.0 Å². The lowest BCUT2D eigenvalue weighted by molar-refractivity contribution is -0.118. The monoisotopic (exact) mass is 361 g/mol. The number of carbonyl (C=O) groups excluding carboxylic acids is 1. The first-order valence-electron chi connectivity index (χ1n) is 7.02. The fraction of sp³-hybridized carbons (Fsp3) is 0.400. The SMILES string of the molecule is CCCCC(=O)N(c1ccc(Cl)c(Cl)c1)C1C=CS(=O)(=O)C1. The lowest BCUT2D eigenvalue weighted by Gasteiger charge is -2.28. The minimum absolute atomic E-state index is 0.106. The van der Waals surface area contributed by atoms with Crippen LogP contribution in [0.4, 0.5) is 5.69 Å². The van der Waals surface area contributed by atoms with E-state index in [-0.39, 0.29) is 11.7 Å². The van der Waals surface area contributed by atoms with Crippen LogP contribution < -0.4 is 4.90 Å². The van der Waals surface area contributed by atoms with Crippen molar-refractivity contribution in [3.05, 3.63) is 39.7 Å². The van der Waals surface area contributed by atoms with Crippen LogP contribution in [0.15, 0.2) is 29.7 Å². The molecule has 0 bridgehead atoms. The second kappa shape index (κ2) is 7.02. The number of amides is 1. The maximum atomic E-state index is 12.5. The maximum absolute atomic E-state index is 12.5. The molecule has 1 amide bonds. The van der Waals surface area contributed by atoms with Gasteiger partial charge in [-0.2, -0.15) is 0 Å². The van der Waals surface area contributed by atoms with E-state index in [2.05, 4.69) is 0 Å². The molecule has 0 saturated heterocycles. The number of anilines is 1. The molecule has 1 aromatic rings. The summed E-state index contributed by atoms with van der Waals surface area (Å²) in [5.74, 6) is -0.225. The number of sulfone groups is 1. The molecule has 0 fully saturated rings. The summed E-state index contributed by atoms with van der Waals surface area (Å²) in [7, 11) is -3.25. The lowest BCUT2D eigenvalue weighted by Crippen LogP contribution is -2.41. The number of halogens is 2. The van der Waals surface area contributed by atoms with Gasteiger partial charge in [0.25, 0.3) is 0 Å². The Hall–Kier alpha value is -1.04. The van der Waals surface area contributed by atoms with E-state index in [0.717, 1.165) is 18.2 Å². The molecule has 1 unspecified atom stereocenters. The fourth-order valence-electron chi connectivity index (χ4n) is 2.32. The molecule has 120 valence electrons. The molecule has 1 heterocycles. The average molecular weight is 362 g/mol. The summed E-state index contributed by atoms with van der Waals surface area (Å²) in [5, 5.41) is 1.88. The average Bonchev–Trinajstić information content (AvgIpc) is 2.80. The van der Waals surface area contributed by atoms with Crippen LogP contribution in [0.5, 0.6) is 0 Å². The van der Waals surface area contributed by atoms with Crippen molar-refractivity contribution in [2.24, 2.45) is 0 Å². The van der Waals surface area contributed by atoms with Gasteiger partial charge in [0.05, 0.1) is 21.8 Å².